The lowest BCUT2D eigenvalue weighted by atomic mass is 10.1. The number of imide groups is 1. The van der Waals surface area contributed by atoms with Crippen LogP contribution in [0, 0.1) is 0 Å². The molecule has 0 N–H and O–H groups in total. The van der Waals surface area contributed by atoms with E-state index in [9.17, 15) is 18.0 Å². The van der Waals surface area contributed by atoms with Gasteiger partial charge in [0.05, 0.1) is 14.9 Å². The van der Waals surface area contributed by atoms with Gasteiger partial charge in [-0.15, -0.1) is 0 Å². The molecule has 7 nitrogen and oxygen atoms in total. The van der Waals surface area contributed by atoms with Crippen LogP contribution in [-0.4, -0.2) is 55.4 Å². The van der Waals surface area contributed by atoms with Gasteiger partial charge in [-0.1, -0.05) is 41.4 Å². The van der Waals surface area contributed by atoms with E-state index in [1.807, 2.05) is 6.07 Å². The maximum absolute atomic E-state index is 13.0. The summed E-state index contributed by atoms with van der Waals surface area (Å²) in [4.78, 5) is 24.8. The fourth-order valence-corrected chi connectivity index (χ4v) is 5.47. The summed E-state index contributed by atoms with van der Waals surface area (Å²) in [6.07, 6.45) is 0.0993. The van der Waals surface area contributed by atoms with Gasteiger partial charge >= 0.3 is 6.09 Å². The van der Waals surface area contributed by atoms with E-state index < -0.39 is 16.1 Å². The molecular formula is C20H18Cl2N2O5S. The van der Waals surface area contributed by atoms with Crippen LogP contribution in [0.15, 0.2) is 47.4 Å². The van der Waals surface area contributed by atoms with E-state index >= 15 is 0 Å². The van der Waals surface area contributed by atoms with Crippen LogP contribution in [0.2, 0.25) is 10.0 Å². The lowest BCUT2D eigenvalue weighted by Crippen LogP contribution is -2.48. The Hall–Kier alpha value is -2.13. The minimum Gasteiger partial charge on any atom is -0.439 e. The highest BCUT2D eigenvalue weighted by atomic mass is 35.5. The average Bonchev–Trinajstić information content (AvgIpc) is 3.08. The molecule has 2 aromatic carbocycles. The Labute approximate surface area is 184 Å². The number of nitrogens with zero attached hydrogens (tertiary/aromatic N) is 2. The first-order chi connectivity index (χ1) is 14.3. The third-order valence-corrected chi connectivity index (χ3v) is 7.97. The van der Waals surface area contributed by atoms with Crippen molar-refractivity contribution < 1.29 is 22.7 Å². The quantitative estimate of drug-likeness (QED) is 0.681. The molecule has 0 spiro atoms. The van der Waals surface area contributed by atoms with Crippen LogP contribution in [0.1, 0.15) is 12.8 Å². The molecule has 0 unspecified atom stereocenters. The number of carbonyl (C=O) groups excluding carboxylic acids is 2. The number of ether oxygens (including phenoxy) is 1. The van der Waals surface area contributed by atoms with E-state index in [1.54, 1.807) is 36.4 Å². The number of rotatable bonds is 4. The summed E-state index contributed by atoms with van der Waals surface area (Å²) in [5.74, 6) is -0.376. The van der Waals surface area contributed by atoms with Crippen LogP contribution in [0.5, 0.6) is 0 Å². The van der Waals surface area contributed by atoms with Crippen molar-refractivity contribution >= 4 is 45.2 Å². The molecule has 0 aliphatic carbocycles. The molecule has 0 atom stereocenters. The highest BCUT2D eigenvalue weighted by Crippen LogP contribution is 2.30. The highest BCUT2D eigenvalue weighted by Gasteiger charge is 2.40. The van der Waals surface area contributed by atoms with Crippen molar-refractivity contribution in [2.24, 2.45) is 0 Å². The Bertz CT molecular complexity index is 1080. The number of hydrogen-bond donors (Lipinski definition) is 0. The van der Waals surface area contributed by atoms with Crippen LogP contribution in [0.25, 0.3) is 11.1 Å². The van der Waals surface area contributed by atoms with Gasteiger partial charge in [-0.3, -0.25) is 4.79 Å². The van der Waals surface area contributed by atoms with Gasteiger partial charge in [0.1, 0.15) is 0 Å². The normalized spacial score (nSPS) is 18.7. The Balaban J connectivity index is 1.47. The van der Waals surface area contributed by atoms with Crippen molar-refractivity contribution in [3.63, 3.8) is 0 Å². The van der Waals surface area contributed by atoms with E-state index in [-0.39, 0.29) is 36.5 Å². The number of hydrogen-bond acceptors (Lipinski definition) is 5. The molecule has 0 aromatic heterocycles. The third kappa shape index (κ3) is 3.92. The van der Waals surface area contributed by atoms with Crippen molar-refractivity contribution in [2.75, 3.05) is 19.7 Å². The summed E-state index contributed by atoms with van der Waals surface area (Å²) < 4.78 is 32.1. The topological polar surface area (TPSA) is 84.0 Å². The zero-order valence-corrected chi connectivity index (χ0v) is 18.1. The zero-order chi connectivity index (χ0) is 21.5. The maximum atomic E-state index is 13.0. The van der Waals surface area contributed by atoms with Gasteiger partial charge in [-0.2, -0.15) is 4.31 Å². The highest BCUT2D eigenvalue weighted by molar-refractivity contribution is 7.89. The first kappa shape index (κ1) is 21.1. The summed E-state index contributed by atoms with van der Waals surface area (Å²) in [5.41, 5.74) is 1.65. The molecular weight excluding hydrogens is 451 g/mol. The number of amides is 2. The molecule has 30 heavy (non-hydrogen) atoms. The van der Waals surface area contributed by atoms with Gasteiger partial charge < -0.3 is 4.74 Å². The molecule has 4 rings (SSSR count). The van der Waals surface area contributed by atoms with Crippen molar-refractivity contribution in [1.29, 1.82) is 0 Å². The number of benzene rings is 2. The summed E-state index contributed by atoms with van der Waals surface area (Å²) in [6, 6.07) is 11.4. The third-order valence-electron chi connectivity index (χ3n) is 5.32. The van der Waals surface area contributed by atoms with Gasteiger partial charge in [-0.05, 0) is 48.2 Å². The number of halogens is 2. The van der Waals surface area contributed by atoms with E-state index in [0.29, 0.717) is 22.9 Å². The maximum Gasteiger partial charge on any atom is 0.417 e. The van der Waals surface area contributed by atoms with E-state index in [2.05, 4.69) is 0 Å². The van der Waals surface area contributed by atoms with Crippen molar-refractivity contribution in [3.8, 4) is 11.1 Å². The minimum absolute atomic E-state index is 0.182. The molecule has 2 fully saturated rings. The fourth-order valence-electron chi connectivity index (χ4n) is 3.70. The van der Waals surface area contributed by atoms with E-state index in [1.165, 1.54) is 4.31 Å². The van der Waals surface area contributed by atoms with Crippen molar-refractivity contribution in [3.05, 3.63) is 52.5 Å². The summed E-state index contributed by atoms with van der Waals surface area (Å²) in [6.45, 7) is 0.194. The van der Waals surface area contributed by atoms with Crippen LogP contribution in [0.3, 0.4) is 0 Å². The van der Waals surface area contributed by atoms with Gasteiger partial charge in [0.2, 0.25) is 10.0 Å². The Kier molecular flexibility index (Phi) is 5.76. The second kappa shape index (κ2) is 8.19. The predicted molar refractivity (Wildman–Crippen MR) is 112 cm³/mol. The average molecular weight is 469 g/mol. The standard InChI is InChI=1S/C20H18Cl2N2O5S/c21-17-6-3-14(11-18(17)22)13-1-4-16(5-2-13)30(27,28)23-9-7-15(8-10-23)24-19(25)12-29-20(24)26/h1-6,11,15H,7-10,12H2. The molecule has 158 valence electrons. The van der Waals surface area contributed by atoms with Gasteiger partial charge in [0.25, 0.3) is 5.91 Å². The van der Waals surface area contributed by atoms with Crippen LogP contribution >= 0.6 is 23.2 Å². The molecule has 0 radical (unpaired) electrons. The largest absolute Gasteiger partial charge is 0.439 e. The lowest BCUT2D eigenvalue weighted by Gasteiger charge is -2.34. The van der Waals surface area contributed by atoms with Crippen LogP contribution in [0.4, 0.5) is 4.79 Å². The van der Waals surface area contributed by atoms with Crippen molar-refractivity contribution in [2.45, 2.75) is 23.8 Å². The number of carbonyl (C=O) groups is 2. The van der Waals surface area contributed by atoms with Gasteiger partial charge in [0, 0.05) is 19.1 Å². The first-order valence-electron chi connectivity index (χ1n) is 9.32. The lowest BCUT2D eigenvalue weighted by molar-refractivity contribution is -0.127. The Morgan fingerprint density at radius 2 is 1.53 bits per heavy atom. The van der Waals surface area contributed by atoms with Gasteiger partial charge in [0.15, 0.2) is 6.61 Å². The number of piperidine rings is 1. The summed E-state index contributed by atoms with van der Waals surface area (Å²) in [7, 11) is -3.68. The summed E-state index contributed by atoms with van der Waals surface area (Å²) in [5, 5.41) is 0.876. The molecule has 2 aliphatic rings. The fraction of sp³-hybridized carbons (Fsp3) is 0.300. The molecule has 2 saturated heterocycles. The molecule has 2 aromatic rings. The molecule has 0 bridgehead atoms. The number of sulfonamides is 1. The molecule has 0 saturated carbocycles. The summed E-state index contributed by atoms with van der Waals surface area (Å²) >= 11 is 12.0. The number of cyclic esters (lactones) is 1. The minimum atomic E-state index is -3.68. The first-order valence-corrected chi connectivity index (χ1v) is 11.5. The van der Waals surface area contributed by atoms with Crippen molar-refractivity contribution in [1.82, 2.24) is 9.21 Å². The van der Waals surface area contributed by atoms with Crippen LogP contribution < -0.4 is 0 Å². The predicted octanol–water partition coefficient (Wildman–Crippen LogP) is 3.79. The second-order valence-electron chi connectivity index (χ2n) is 7.11. The molecule has 10 heteroatoms. The Morgan fingerprint density at radius 3 is 2.10 bits per heavy atom. The van der Waals surface area contributed by atoms with Crippen LogP contribution in [-0.2, 0) is 19.6 Å². The molecule has 2 amide bonds. The van der Waals surface area contributed by atoms with Gasteiger partial charge in [-0.25, -0.2) is 18.1 Å². The molecule has 2 heterocycles. The van der Waals surface area contributed by atoms with E-state index in [0.717, 1.165) is 16.0 Å². The zero-order valence-electron chi connectivity index (χ0n) is 15.8. The SMILES string of the molecule is O=C1COC(=O)N1C1CCN(S(=O)(=O)c2ccc(-c3ccc(Cl)c(Cl)c3)cc2)CC1. The Morgan fingerprint density at radius 1 is 0.900 bits per heavy atom. The smallest absolute Gasteiger partial charge is 0.417 e. The monoisotopic (exact) mass is 468 g/mol. The van der Waals surface area contributed by atoms with E-state index in [4.69, 9.17) is 27.9 Å². The molecule has 2 aliphatic heterocycles. The second-order valence-corrected chi connectivity index (χ2v) is 9.86.